The summed E-state index contributed by atoms with van der Waals surface area (Å²) in [4.78, 5) is 2.45. The third kappa shape index (κ3) is 2.90. The van der Waals surface area contributed by atoms with Crippen LogP contribution in [0.3, 0.4) is 0 Å². The zero-order valence-corrected chi connectivity index (χ0v) is 12.1. The van der Waals surface area contributed by atoms with Gasteiger partial charge >= 0.3 is 0 Å². The fraction of sp³-hybridized carbons (Fsp3) is 0.647. The Balaban J connectivity index is 1.76. The van der Waals surface area contributed by atoms with Crippen molar-refractivity contribution in [2.24, 2.45) is 5.92 Å². The van der Waals surface area contributed by atoms with E-state index in [-0.39, 0.29) is 0 Å². The molecule has 0 radical (unpaired) electrons. The lowest BCUT2D eigenvalue weighted by molar-refractivity contribution is -0.0745. The Morgan fingerprint density at radius 3 is 2.65 bits per heavy atom. The summed E-state index contributed by atoms with van der Waals surface area (Å²) in [6.07, 6.45) is 4.39. The minimum atomic E-state index is -0.641. The highest BCUT2D eigenvalue weighted by Gasteiger charge is 2.40. The van der Waals surface area contributed by atoms with Crippen LogP contribution in [-0.4, -0.2) is 42.9 Å². The maximum atomic E-state index is 11.3. The van der Waals surface area contributed by atoms with Crippen molar-refractivity contribution in [3.05, 3.63) is 35.9 Å². The molecular formula is C17H25NO2. The molecule has 1 aliphatic heterocycles. The third-order valence-electron chi connectivity index (χ3n) is 4.89. The predicted octanol–water partition coefficient (Wildman–Crippen LogP) is 2.40. The molecule has 3 heteroatoms. The Kier molecular flexibility index (Phi) is 4.39. The number of hydrogen-bond donors (Lipinski definition) is 1. The Bertz CT molecular complexity index is 416. The summed E-state index contributed by atoms with van der Waals surface area (Å²) < 4.78 is 5.42. The van der Waals surface area contributed by atoms with Crippen molar-refractivity contribution in [2.75, 3.05) is 32.8 Å². The van der Waals surface area contributed by atoms with Gasteiger partial charge in [0.05, 0.1) is 18.8 Å². The van der Waals surface area contributed by atoms with Crippen molar-refractivity contribution >= 4 is 0 Å². The predicted molar refractivity (Wildman–Crippen MR) is 79.6 cm³/mol. The summed E-state index contributed by atoms with van der Waals surface area (Å²) >= 11 is 0. The number of rotatable bonds is 3. The second-order valence-corrected chi connectivity index (χ2v) is 6.15. The van der Waals surface area contributed by atoms with Gasteiger partial charge in [0.1, 0.15) is 0 Å². The van der Waals surface area contributed by atoms with E-state index >= 15 is 0 Å². The van der Waals surface area contributed by atoms with E-state index in [0.29, 0.717) is 5.92 Å². The average Bonchev–Trinajstić information content (AvgIpc) is 2.52. The van der Waals surface area contributed by atoms with Crippen molar-refractivity contribution < 1.29 is 9.84 Å². The van der Waals surface area contributed by atoms with Gasteiger partial charge in [0.2, 0.25) is 0 Å². The molecule has 20 heavy (non-hydrogen) atoms. The van der Waals surface area contributed by atoms with E-state index in [9.17, 15) is 5.11 Å². The first-order valence-electron chi connectivity index (χ1n) is 7.87. The van der Waals surface area contributed by atoms with Crippen LogP contribution in [0.5, 0.6) is 0 Å². The van der Waals surface area contributed by atoms with E-state index < -0.39 is 5.60 Å². The summed E-state index contributed by atoms with van der Waals surface area (Å²) in [6, 6.07) is 10.3. The van der Waals surface area contributed by atoms with Crippen LogP contribution in [0.2, 0.25) is 0 Å². The van der Waals surface area contributed by atoms with Gasteiger partial charge in [-0.25, -0.2) is 0 Å². The van der Waals surface area contributed by atoms with Crippen molar-refractivity contribution in [3.63, 3.8) is 0 Å². The minimum absolute atomic E-state index is 0.344. The lowest BCUT2D eigenvalue weighted by Gasteiger charge is -2.43. The SMILES string of the molecule is OC1(c2ccccc2)CCCCC1CN1CCOCC1. The number of hydrogen-bond acceptors (Lipinski definition) is 3. The van der Waals surface area contributed by atoms with Gasteiger partial charge in [-0.05, 0) is 18.4 Å². The van der Waals surface area contributed by atoms with E-state index in [1.807, 2.05) is 18.2 Å². The number of ether oxygens (including phenoxy) is 1. The van der Waals surface area contributed by atoms with Crippen molar-refractivity contribution in [1.82, 2.24) is 4.90 Å². The zero-order chi connectivity index (χ0) is 13.8. The Labute approximate surface area is 121 Å². The Morgan fingerprint density at radius 2 is 1.90 bits per heavy atom. The largest absolute Gasteiger partial charge is 0.385 e. The fourth-order valence-electron chi connectivity index (χ4n) is 3.67. The minimum Gasteiger partial charge on any atom is -0.385 e. The molecule has 1 saturated heterocycles. The fourth-order valence-corrected chi connectivity index (χ4v) is 3.67. The zero-order valence-electron chi connectivity index (χ0n) is 12.1. The maximum absolute atomic E-state index is 11.3. The molecule has 3 rings (SSSR count). The van der Waals surface area contributed by atoms with Crippen LogP contribution in [0.25, 0.3) is 0 Å². The quantitative estimate of drug-likeness (QED) is 0.919. The second kappa shape index (κ2) is 6.25. The lowest BCUT2D eigenvalue weighted by atomic mass is 9.71. The molecule has 3 nitrogen and oxygen atoms in total. The van der Waals surface area contributed by atoms with Crippen LogP contribution in [0, 0.1) is 5.92 Å². The molecule has 1 saturated carbocycles. The van der Waals surface area contributed by atoms with Gasteiger partial charge in [0.15, 0.2) is 0 Å². The number of nitrogens with zero attached hydrogens (tertiary/aromatic N) is 1. The van der Waals surface area contributed by atoms with Crippen molar-refractivity contribution in [2.45, 2.75) is 31.3 Å². The molecule has 0 amide bonds. The smallest absolute Gasteiger partial charge is 0.0936 e. The van der Waals surface area contributed by atoms with E-state index in [4.69, 9.17) is 4.74 Å². The Morgan fingerprint density at radius 1 is 1.15 bits per heavy atom. The summed E-state index contributed by atoms with van der Waals surface area (Å²) in [5, 5.41) is 11.3. The van der Waals surface area contributed by atoms with Crippen molar-refractivity contribution in [3.8, 4) is 0 Å². The van der Waals surface area contributed by atoms with Crippen LogP contribution in [-0.2, 0) is 10.3 Å². The first-order chi connectivity index (χ1) is 9.79. The maximum Gasteiger partial charge on any atom is 0.0936 e. The molecule has 1 aromatic carbocycles. The summed E-state index contributed by atoms with van der Waals surface area (Å²) in [6.45, 7) is 4.66. The second-order valence-electron chi connectivity index (χ2n) is 6.15. The molecule has 2 aliphatic rings. The van der Waals surface area contributed by atoms with E-state index in [1.165, 1.54) is 6.42 Å². The average molecular weight is 275 g/mol. The summed E-state index contributed by atoms with van der Waals surface area (Å²) in [5.74, 6) is 0.344. The van der Waals surface area contributed by atoms with E-state index in [0.717, 1.165) is 57.7 Å². The van der Waals surface area contributed by atoms with Gasteiger partial charge in [-0.1, -0.05) is 43.2 Å². The summed E-state index contributed by atoms with van der Waals surface area (Å²) in [5.41, 5.74) is 0.454. The standard InChI is InChI=1S/C17H25NO2/c19-17(15-6-2-1-3-7-15)9-5-4-8-16(17)14-18-10-12-20-13-11-18/h1-3,6-7,16,19H,4-5,8-14H2. The molecule has 0 spiro atoms. The van der Waals surface area contributed by atoms with Gasteiger partial charge in [0.25, 0.3) is 0 Å². The Hall–Kier alpha value is -0.900. The normalized spacial score (nSPS) is 32.1. The summed E-state index contributed by atoms with van der Waals surface area (Å²) in [7, 11) is 0. The number of morpholine rings is 1. The first kappa shape index (κ1) is 14.1. The highest BCUT2D eigenvalue weighted by Crippen LogP contribution is 2.42. The van der Waals surface area contributed by atoms with Crippen LogP contribution in [0.15, 0.2) is 30.3 Å². The molecule has 1 heterocycles. The topological polar surface area (TPSA) is 32.7 Å². The third-order valence-corrected chi connectivity index (χ3v) is 4.89. The van der Waals surface area contributed by atoms with Gasteiger partial charge < -0.3 is 9.84 Å². The van der Waals surface area contributed by atoms with E-state index in [1.54, 1.807) is 0 Å². The van der Waals surface area contributed by atoms with Gasteiger partial charge in [-0.15, -0.1) is 0 Å². The molecule has 110 valence electrons. The molecule has 1 aliphatic carbocycles. The molecular weight excluding hydrogens is 250 g/mol. The molecule has 1 aromatic rings. The van der Waals surface area contributed by atoms with Crippen LogP contribution >= 0.6 is 0 Å². The van der Waals surface area contributed by atoms with Gasteiger partial charge in [-0.3, -0.25) is 4.90 Å². The molecule has 2 unspecified atom stereocenters. The monoisotopic (exact) mass is 275 g/mol. The van der Waals surface area contributed by atoms with E-state index in [2.05, 4.69) is 17.0 Å². The number of aliphatic hydroxyl groups is 1. The van der Waals surface area contributed by atoms with Crippen molar-refractivity contribution in [1.29, 1.82) is 0 Å². The molecule has 2 fully saturated rings. The first-order valence-corrected chi connectivity index (χ1v) is 7.87. The molecule has 1 N–H and O–H groups in total. The highest BCUT2D eigenvalue weighted by atomic mass is 16.5. The van der Waals surface area contributed by atoms with Gasteiger partial charge in [0, 0.05) is 25.6 Å². The van der Waals surface area contributed by atoms with Crippen LogP contribution in [0.1, 0.15) is 31.2 Å². The number of benzene rings is 1. The molecule has 0 bridgehead atoms. The van der Waals surface area contributed by atoms with Crippen LogP contribution in [0.4, 0.5) is 0 Å². The van der Waals surface area contributed by atoms with Crippen LogP contribution < -0.4 is 0 Å². The molecule has 0 aromatic heterocycles. The highest BCUT2D eigenvalue weighted by molar-refractivity contribution is 5.24. The molecule has 2 atom stereocenters. The van der Waals surface area contributed by atoms with Gasteiger partial charge in [-0.2, -0.15) is 0 Å². The lowest BCUT2D eigenvalue weighted by Crippen LogP contribution is -2.47.